The number of carbonyl (C=O) groups is 1. The number of carbonyl (C=O) groups excluding carboxylic acids is 1. The molecule has 20 heavy (non-hydrogen) atoms. The molecule has 0 atom stereocenters. The molecule has 1 amide bonds. The number of amides is 1. The number of aromatic nitrogens is 1. The molecule has 104 valence electrons. The van der Waals surface area contributed by atoms with Crippen molar-refractivity contribution in [1.82, 2.24) is 4.98 Å². The third-order valence-electron chi connectivity index (χ3n) is 3.05. The van der Waals surface area contributed by atoms with Gasteiger partial charge < -0.3 is 15.4 Å². The van der Waals surface area contributed by atoms with Gasteiger partial charge in [-0.1, -0.05) is 6.07 Å². The quantitative estimate of drug-likeness (QED) is 0.929. The molecule has 5 nitrogen and oxygen atoms in total. The Balaban J connectivity index is 2.32. The number of benzene rings is 1. The smallest absolute Gasteiger partial charge is 0.261 e. The zero-order valence-corrected chi connectivity index (χ0v) is 11.8. The summed E-state index contributed by atoms with van der Waals surface area (Å²) in [6.45, 7) is 1.83. The van der Waals surface area contributed by atoms with Crippen molar-refractivity contribution in [3.05, 3.63) is 47.8 Å². The molecule has 0 aliphatic heterocycles. The molecule has 2 rings (SSSR count). The Labute approximate surface area is 118 Å². The predicted molar refractivity (Wildman–Crippen MR) is 79.1 cm³/mol. The number of methoxy groups -OCH3 is 1. The number of nitrogens with zero attached hydrogens (tertiary/aromatic N) is 2. The molecule has 1 aromatic carbocycles. The first-order chi connectivity index (χ1) is 9.52. The number of nitrogens with two attached hydrogens (primary N) is 1. The Kier molecular flexibility index (Phi) is 3.89. The number of rotatable bonds is 3. The van der Waals surface area contributed by atoms with Crippen LogP contribution in [0, 0.1) is 6.92 Å². The number of anilines is 2. The highest BCUT2D eigenvalue weighted by Gasteiger charge is 2.17. The van der Waals surface area contributed by atoms with Crippen molar-refractivity contribution < 1.29 is 9.53 Å². The van der Waals surface area contributed by atoms with E-state index < -0.39 is 0 Å². The van der Waals surface area contributed by atoms with Gasteiger partial charge >= 0.3 is 0 Å². The molecule has 0 aliphatic rings. The van der Waals surface area contributed by atoms with E-state index in [1.165, 1.54) is 11.1 Å². The van der Waals surface area contributed by atoms with Crippen LogP contribution >= 0.6 is 0 Å². The first kappa shape index (κ1) is 13.9. The van der Waals surface area contributed by atoms with E-state index in [0.29, 0.717) is 17.0 Å². The first-order valence-corrected chi connectivity index (χ1v) is 6.17. The van der Waals surface area contributed by atoms with Crippen LogP contribution in [0.5, 0.6) is 5.75 Å². The Bertz CT molecular complexity index is 641. The van der Waals surface area contributed by atoms with Crippen LogP contribution in [0.4, 0.5) is 11.4 Å². The molecule has 1 aromatic heterocycles. The second-order valence-electron chi connectivity index (χ2n) is 4.48. The summed E-state index contributed by atoms with van der Waals surface area (Å²) in [7, 11) is 3.28. The van der Waals surface area contributed by atoms with Crippen molar-refractivity contribution >= 4 is 17.3 Å². The molecule has 0 fully saturated rings. The lowest BCUT2D eigenvalue weighted by atomic mass is 10.2. The maximum absolute atomic E-state index is 12.4. The molecular formula is C15H17N3O2. The maximum Gasteiger partial charge on any atom is 0.261 e. The zero-order valence-electron chi connectivity index (χ0n) is 11.8. The van der Waals surface area contributed by atoms with Crippen LogP contribution in [0.15, 0.2) is 36.5 Å². The van der Waals surface area contributed by atoms with Crippen LogP contribution in [0.3, 0.4) is 0 Å². The molecule has 0 aliphatic carbocycles. The van der Waals surface area contributed by atoms with E-state index >= 15 is 0 Å². The van der Waals surface area contributed by atoms with Crippen LogP contribution in [0.1, 0.15) is 16.1 Å². The van der Waals surface area contributed by atoms with E-state index in [1.54, 1.807) is 26.3 Å². The van der Waals surface area contributed by atoms with E-state index in [0.717, 1.165) is 11.4 Å². The molecule has 2 aromatic rings. The number of aryl methyl sites for hydroxylation is 1. The van der Waals surface area contributed by atoms with Gasteiger partial charge in [0.15, 0.2) is 0 Å². The van der Waals surface area contributed by atoms with Gasteiger partial charge in [-0.2, -0.15) is 0 Å². The summed E-state index contributed by atoms with van der Waals surface area (Å²) in [5.41, 5.74) is 8.21. The second kappa shape index (κ2) is 5.61. The fraction of sp³-hybridized carbons (Fsp3) is 0.200. The standard InChI is InChI=1S/C15H17N3O2/c1-10-7-14(16)13(9-17-10)15(19)18(2)11-5-4-6-12(8-11)20-3/h4-9H,1-3H3,(H2,16,17). The number of hydrogen-bond acceptors (Lipinski definition) is 4. The van der Waals surface area contributed by atoms with Crippen LogP contribution in [0.25, 0.3) is 0 Å². The average molecular weight is 271 g/mol. The molecule has 0 saturated heterocycles. The lowest BCUT2D eigenvalue weighted by Crippen LogP contribution is -2.27. The van der Waals surface area contributed by atoms with Gasteiger partial charge in [-0.3, -0.25) is 9.78 Å². The van der Waals surface area contributed by atoms with Gasteiger partial charge in [-0.15, -0.1) is 0 Å². The highest BCUT2D eigenvalue weighted by Crippen LogP contribution is 2.22. The summed E-state index contributed by atoms with van der Waals surface area (Å²) in [6.07, 6.45) is 1.50. The van der Waals surface area contributed by atoms with Crippen LogP contribution < -0.4 is 15.4 Å². The fourth-order valence-corrected chi connectivity index (χ4v) is 1.88. The number of hydrogen-bond donors (Lipinski definition) is 1. The monoisotopic (exact) mass is 271 g/mol. The molecule has 5 heteroatoms. The minimum absolute atomic E-state index is 0.205. The minimum atomic E-state index is -0.205. The highest BCUT2D eigenvalue weighted by atomic mass is 16.5. The van der Waals surface area contributed by atoms with Crippen molar-refractivity contribution in [2.75, 3.05) is 24.8 Å². The Morgan fingerprint density at radius 1 is 1.35 bits per heavy atom. The number of ether oxygens (including phenoxy) is 1. The maximum atomic E-state index is 12.4. The first-order valence-electron chi connectivity index (χ1n) is 6.17. The van der Waals surface area contributed by atoms with E-state index in [2.05, 4.69) is 4.98 Å². The van der Waals surface area contributed by atoms with Gasteiger partial charge in [-0.25, -0.2) is 0 Å². The third-order valence-corrected chi connectivity index (χ3v) is 3.05. The SMILES string of the molecule is COc1cccc(N(C)C(=O)c2cnc(C)cc2N)c1. The number of pyridine rings is 1. The molecule has 0 radical (unpaired) electrons. The van der Waals surface area contributed by atoms with Crippen molar-refractivity contribution in [2.24, 2.45) is 0 Å². The normalized spacial score (nSPS) is 10.2. The van der Waals surface area contributed by atoms with E-state index in [1.807, 2.05) is 25.1 Å². The summed E-state index contributed by atoms with van der Waals surface area (Å²) in [6, 6.07) is 8.96. The number of nitrogen functional groups attached to an aromatic ring is 1. The van der Waals surface area contributed by atoms with E-state index in [9.17, 15) is 4.79 Å². The summed E-state index contributed by atoms with van der Waals surface area (Å²) in [5, 5.41) is 0. The fourth-order valence-electron chi connectivity index (χ4n) is 1.88. The van der Waals surface area contributed by atoms with Gasteiger partial charge in [0.25, 0.3) is 5.91 Å². The molecular weight excluding hydrogens is 254 g/mol. The van der Waals surface area contributed by atoms with Crippen molar-refractivity contribution in [3.8, 4) is 5.75 Å². The molecule has 2 N–H and O–H groups in total. The van der Waals surface area contributed by atoms with E-state index in [4.69, 9.17) is 10.5 Å². The largest absolute Gasteiger partial charge is 0.497 e. The van der Waals surface area contributed by atoms with Crippen LogP contribution in [-0.4, -0.2) is 25.0 Å². The molecule has 0 saturated carbocycles. The van der Waals surface area contributed by atoms with Crippen molar-refractivity contribution in [1.29, 1.82) is 0 Å². The average Bonchev–Trinajstić information content (AvgIpc) is 2.46. The van der Waals surface area contributed by atoms with Gasteiger partial charge in [-0.05, 0) is 25.1 Å². The third kappa shape index (κ3) is 2.71. The topological polar surface area (TPSA) is 68.5 Å². The molecule has 0 unspecified atom stereocenters. The van der Waals surface area contributed by atoms with Gasteiger partial charge in [0, 0.05) is 36.4 Å². The molecule has 0 bridgehead atoms. The highest BCUT2D eigenvalue weighted by molar-refractivity contribution is 6.08. The predicted octanol–water partition coefficient (Wildman–Crippen LogP) is 2.26. The van der Waals surface area contributed by atoms with Crippen LogP contribution in [-0.2, 0) is 0 Å². The summed E-state index contributed by atoms with van der Waals surface area (Å²) in [5.74, 6) is 0.486. The van der Waals surface area contributed by atoms with Gasteiger partial charge in [0.1, 0.15) is 5.75 Å². The van der Waals surface area contributed by atoms with E-state index in [-0.39, 0.29) is 5.91 Å². The zero-order chi connectivity index (χ0) is 14.7. The summed E-state index contributed by atoms with van der Waals surface area (Å²) < 4.78 is 5.15. The van der Waals surface area contributed by atoms with Crippen LogP contribution in [0.2, 0.25) is 0 Å². The van der Waals surface area contributed by atoms with Gasteiger partial charge in [0.05, 0.1) is 12.7 Å². The van der Waals surface area contributed by atoms with Crippen molar-refractivity contribution in [2.45, 2.75) is 6.92 Å². The second-order valence-corrected chi connectivity index (χ2v) is 4.48. The Hall–Kier alpha value is -2.56. The van der Waals surface area contributed by atoms with Gasteiger partial charge in [0.2, 0.25) is 0 Å². The molecule has 1 heterocycles. The Morgan fingerprint density at radius 2 is 2.10 bits per heavy atom. The summed E-state index contributed by atoms with van der Waals surface area (Å²) in [4.78, 5) is 18.1. The molecule has 0 spiro atoms. The van der Waals surface area contributed by atoms with Crippen molar-refractivity contribution in [3.63, 3.8) is 0 Å². The lowest BCUT2D eigenvalue weighted by molar-refractivity contribution is 0.0993. The Morgan fingerprint density at radius 3 is 2.75 bits per heavy atom. The minimum Gasteiger partial charge on any atom is -0.497 e. The lowest BCUT2D eigenvalue weighted by Gasteiger charge is -2.18. The summed E-state index contributed by atoms with van der Waals surface area (Å²) >= 11 is 0.